The van der Waals surface area contributed by atoms with E-state index in [2.05, 4.69) is 15.0 Å². The van der Waals surface area contributed by atoms with Crippen LogP contribution in [0, 0.1) is 5.92 Å². The van der Waals surface area contributed by atoms with Gasteiger partial charge in [0, 0.05) is 6.20 Å². The molecule has 0 unspecified atom stereocenters. The van der Waals surface area contributed by atoms with Gasteiger partial charge >= 0.3 is 11.9 Å². The third-order valence-electron chi connectivity index (χ3n) is 3.43. The van der Waals surface area contributed by atoms with Crippen molar-refractivity contribution in [2.24, 2.45) is 5.92 Å². The van der Waals surface area contributed by atoms with Crippen molar-refractivity contribution in [3.63, 3.8) is 0 Å². The first-order valence-electron chi connectivity index (χ1n) is 7.26. The molecule has 0 aromatic carbocycles. The molecular formula is C15H17Cl3N2O5. The van der Waals surface area contributed by atoms with Crippen molar-refractivity contribution in [1.29, 1.82) is 0 Å². The Morgan fingerprint density at radius 3 is 2.44 bits per heavy atom. The van der Waals surface area contributed by atoms with Crippen LogP contribution in [0.5, 0.6) is 0 Å². The SMILES string of the molecule is CC[C@H](C)[C@H](NC(=O)COC(=O)c1ncc(Cl)c(Cl)c1Cl)C(=O)OC. The Hall–Kier alpha value is -1.57. The molecule has 0 aliphatic rings. The van der Waals surface area contributed by atoms with E-state index in [1.807, 2.05) is 6.92 Å². The molecule has 10 heteroatoms. The van der Waals surface area contributed by atoms with Gasteiger partial charge in [-0.15, -0.1) is 0 Å². The fourth-order valence-electron chi connectivity index (χ4n) is 1.80. The molecule has 1 heterocycles. The van der Waals surface area contributed by atoms with E-state index in [9.17, 15) is 14.4 Å². The average Bonchev–Trinajstić information content (AvgIpc) is 2.60. The Morgan fingerprint density at radius 2 is 1.88 bits per heavy atom. The highest BCUT2D eigenvalue weighted by atomic mass is 35.5. The van der Waals surface area contributed by atoms with Crippen molar-refractivity contribution in [3.8, 4) is 0 Å². The molecule has 0 aliphatic heterocycles. The van der Waals surface area contributed by atoms with Gasteiger partial charge in [0.15, 0.2) is 12.3 Å². The molecule has 1 rings (SSSR count). The fourth-order valence-corrected chi connectivity index (χ4v) is 2.35. The minimum absolute atomic E-state index is 0.0442. The maximum absolute atomic E-state index is 12.0. The van der Waals surface area contributed by atoms with Crippen LogP contribution < -0.4 is 5.32 Å². The maximum atomic E-state index is 12.0. The highest BCUT2D eigenvalue weighted by Gasteiger charge is 2.27. The number of hydrogen-bond donors (Lipinski definition) is 1. The highest BCUT2D eigenvalue weighted by Crippen LogP contribution is 2.31. The number of amides is 1. The minimum atomic E-state index is -0.947. The number of nitrogens with zero attached hydrogens (tertiary/aromatic N) is 1. The Kier molecular flexibility index (Phi) is 8.41. The third kappa shape index (κ3) is 5.73. The quantitative estimate of drug-likeness (QED) is 0.693. The van der Waals surface area contributed by atoms with Gasteiger partial charge in [0.25, 0.3) is 5.91 Å². The van der Waals surface area contributed by atoms with E-state index in [-0.39, 0.29) is 26.7 Å². The maximum Gasteiger partial charge on any atom is 0.359 e. The molecule has 0 saturated carbocycles. The van der Waals surface area contributed by atoms with Gasteiger partial charge in [-0.3, -0.25) is 4.79 Å². The van der Waals surface area contributed by atoms with Crippen molar-refractivity contribution in [3.05, 3.63) is 27.0 Å². The number of carbonyl (C=O) groups is 3. The van der Waals surface area contributed by atoms with E-state index in [1.54, 1.807) is 6.92 Å². The lowest BCUT2D eigenvalue weighted by molar-refractivity contribution is -0.147. The van der Waals surface area contributed by atoms with Crippen molar-refractivity contribution >= 4 is 52.6 Å². The molecule has 0 radical (unpaired) electrons. The number of methoxy groups -OCH3 is 1. The first kappa shape index (κ1) is 21.5. The summed E-state index contributed by atoms with van der Waals surface area (Å²) in [6, 6.07) is -0.840. The molecule has 1 aromatic rings. The molecule has 0 bridgehead atoms. The number of hydrogen-bond acceptors (Lipinski definition) is 6. The summed E-state index contributed by atoms with van der Waals surface area (Å²) >= 11 is 17.4. The Morgan fingerprint density at radius 1 is 1.24 bits per heavy atom. The van der Waals surface area contributed by atoms with Crippen LogP contribution in [-0.4, -0.2) is 42.6 Å². The largest absolute Gasteiger partial charge is 0.467 e. The van der Waals surface area contributed by atoms with Crippen LogP contribution in [0.1, 0.15) is 30.8 Å². The molecule has 1 amide bonds. The van der Waals surface area contributed by atoms with Crippen LogP contribution in [0.15, 0.2) is 6.20 Å². The van der Waals surface area contributed by atoms with E-state index in [0.29, 0.717) is 6.42 Å². The van der Waals surface area contributed by atoms with Crippen LogP contribution in [0.3, 0.4) is 0 Å². The summed E-state index contributed by atoms with van der Waals surface area (Å²) < 4.78 is 9.50. The molecule has 0 fully saturated rings. The number of halogens is 3. The monoisotopic (exact) mass is 410 g/mol. The number of ether oxygens (including phenoxy) is 2. The van der Waals surface area contributed by atoms with Gasteiger partial charge in [-0.25, -0.2) is 14.6 Å². The Labute approximate surface area is 159 Å². The molecule has 0 saturated heterocycles. The molecule has 1 N–H and O–H groups in total. The number of aromatic nitrogens is 1. The van der Waals surface area contributed by atoms with Crippen LogP contribution in [0.2, 0.25) is 15.1 Å². The van der Waals surface area contributed by atoms with Crippen molar-refractivity contribution < 1.29 is 23.9 Å². The van der Waals surface area contributed by atoms with Gasteiger partial charge in [0.1, 0.15) is 6.04 Å². The first-order chi connectivity index (χ1) is 11.7. The zero-order chi connectivity index (χ0) is 19.1. The molecule has 7 nitrogen and oxygen atoms in total. The summed E-state index contributed by atoms with van der Waals surface area (Å²) in [5, 5.41) is 2.33. The van der Waals surface area contributed by atoms with Gasteiger partial charge in [0.05, 0.1) is 22.2 Å². The first-order valence-corrected chi connectivity index (χ1v) is 8.40. The second-order valence-electron chi connectivity index (χ2n) is 5.11. The van der Waals surface area contributed by atoms with E-state index >= 15 is 0 Å². The summed E-state index contributed by atoms with van der Waals surface area (Å²) in [4.78, 5) is 39.4. The number of nitrogens with one attached hydrogen (secondary N) is 1. The van der Waals surface area contributed by atoms with Gasteiger partial charge in [0.2, 0.25) is 0 Å². The molecule has 1 aromatic heterocycles. The number of esters is 2. The molecular weight excluding hydrogens is 395 g/mol. The Bertz CT molecular complexity index is 669. The zero-order valence-electron chi connectivity index (χ0n) is 13.8. The minimum Gasteiger partial charge on any atom is -0.467 e. The molecule has 0 aliphatic carbocycles. The van der Waals surface area contributed by atoms with Crippen LogP contribution in [0.25, 0.3) is 0 Å². The lowest BCUT2D eigenvalue weighted by Crippen LogP contribution is -2.47. The lowest BCUT2D eigenvalue weighted by atomic mass is 9.99. The summed E-state index contributed by atoms with van der Waals surface area (Å²) in [7, 11) is 1.22. The van der Waals surface area contributed by atoms with Crippen molar-refractivity contribution in [1.82, 2.24) is 10.3 Å². The number of pyridine rings is 1. The third-order valence-corrected chi connectivity index (χ3v) is 4.67. The van der Waals surface area contributed by atoms with E-state index in [0.717, 1.165) is 6.20 Å². The van der Waals surface area contributed by atoms with Gasteiger partial charge in [-0.1, -0.05) is 55.1 Å². The second kappa shape index (κ2) is 9.79. The van der Waals surface area contributed by atoms with E-state index in [1.165, 1.54) is 7.11 Å². The standard InChI is InChI=1S/C15H17Cl3N2O5/c1-4-7(2)12(14(22)24-3)20-9(21)6-25-15(23)13-11(18)10(17)8(16)5-19-13/h5,7,12H,4,6H2,1-3H3,(H,20,21)/t7-,12-/m0/s1. The number of rotatable bonds is 7. The van der Waals surface area contributed by atoms with E-state index in [4.69, 9.17) is 39.5 Å². The van der Waals surface area contributed by atoms with Crippen LogP contribution >= 0.6 is 34.8 Å². The van der Waals surface area contributed by atoms with Gasteiger partial charge < -0.3 is 14.8 Å². The Balaban J connectivity index is 2.71. The summed E-state index contributed by atoms with van der Waals surface area (Å²) in [6.45, 7) is 3.03. The van der Waals surface area contributed by atoms with Crippen LogP contribution in [-0.2, 0) is 19.1 Å². The number of carbonyl (C=O) groups excluding carboxylic acids is 3. The predicted octanol–water partition coefficient (Wildman–Crippen LogP) is 2.90. The summed E-state index contributed by atoms with van der Waals surface area (Å²) in [5.74, 6) is -2.35. The van der Waals surface area contributed by atoms with Crippen molar-refractivity contribution in [2.75, 3.05) is 13.7 Å². The summed E-state index contributed by atoms with van der Waals surface area (Å²) in [6.07, 6.45) is 1.78. The normalized spacial score (nSPS) is 12.9. The highest BCUT2D eigenvalue weighted by molar-refractivity contribution is 6.48. The van der Waals surface area contributed by atoms with E-state index < -0.39 is 30.5 Å². The fraction of sp³-hybridized carbons (Fsp3) is 0.467. The molecule has 138 valence electrons. The zero-order valence-corrected chi connectivity index (χ0v) is 16.0. The van der Waals surface area contributed by atoms with Gasteiger partial charge in [-0.2, -0.15) is 0 Å². The van der Waals surface area contributed by atoms with Gasteiger partial charge in [-0.05, 0) is 5.92 Å². The topological polar surface area (TPSA) is 94.6 Å². The molecule has 25 heavy (non-hydrogen) atoms. The predicted molar refractivity (Wildman–Crippen MR) is 93.0 cm³/mol. The van der Waals surface area contributed by atoms with Crippen LogP contribution in [0.4, 0.5) is 0 Å². The molecule has 0 spiro atoms. The second-order valence-corrected chi connectivity index (χ2v) is 6.28. The van der Waals surface area contributed by atoms with Crippen molar-refractivity contribution in [2.45, 2.75) is 26.3 Å². The smallest absolute Gasteiger partial charge is 0.359 e. The lowest BCUT2D eigenvalue weighted by Gasteiger charge is -2.21. The summed E-state index contributed by atoms with van der Waals surface area (Å²) in [5.41, 5.74) is -0.268. The molecule has 2 atom stereocenters. The average molecular weight is 412 g/mol.